The molecule has 3 aromatic rings. The molecule has 0 aliphatic heterocycles. The standard InChI is InChI=1S/C15H14N4O3/c1-21-15(20)12-4-2-11(3-5-12)14-7-6-13(22-14)8-18-19-9-16-17-10-19/h2-7,9-10,18H,8H2,1H3. The molecule has 2 aromatic heterocycles. The van der Waals surface area contributed by atoms with Crippen molar-refractivity contribution in [1.82, 2.24) is 14.9 Å². The SMILES string of the molecule is COC(=O)c1ccc(-c2ccc(CNn3cnnc3)o2)cc1. The van der Waals surface area contributed by atoms with E-state index in [-0.39, 0.29) is 5.97 Å². The van der Waals surface area contributed by atoms with Gasteiger partial charge in [-0.3, -0.25) is 0 Å². The highest BCUT2D eigenvalue weighted by atomic mass is 16.5. The fraction of sp³-hybridized carbons (Fsp3) is 0.133. The lowest BCUT2D eigenvalue weighted by Gasteiger charge is -2.03. The Morgan fingerprint density at radius 3 is 2.59 bits per heavy atom. The quantitative estimate of drug-likeness (QED) is 0.726. The second-order valence-corrected chi connectivity index (χ2v) is 4.54. The zero-order chi connectivity index (χ0) is 15.4. The number of furan rings is 1. The van der Waals surface area contributed by atoms with Gasteiger partial charge in [0.15, 0.2) is 0 Å². The third-order valence-electron chi connectivity index (χ3n) is 3.11. The van der Waals surface area contributed by atoms with Gasteiger partial charge in [-0.15, -0.1) is 10.2 Å². The normalized spacial score (nSPS) is 10.4. The zero-order valence-electron chi connectivity index (χ0n) is 11.9. The first kappa shape index (κ1) is 13.9. The molecule has 0 spiro atoms. The molecule has 1 aromatic carbocycles. The molecule has 2 heterocycles. The van der Waals surface area contributed by atoms with Crippen LogP contribution in [0.25, 0.3) is 11.3 Å². The number of nitrogens with one attached hydrogen (secondary N) is 1. The van der Waals surface area contributed by atoms with Crippen molar-refractivity contribution in [3.63, 3.8) is 0 Å². The number of carbonyl (C=O) groups is 1. The second-order valence-electron chi connectivity index (χ2n) is 4.54. The summed E-state index contributed by atoms with van der Waals surface area (Å²) in [5, 5.41) is 7.40. The Morgan fingerprint density at radius 2 is 1.91 bits per heavy atom. The molecule has 112 valence electrons. The van der Waals surface area contributed by atoms with E-state index in [1.165, 1.54) is 7.11 Å². The molecule has 0 saturated carbocycles. The van der Waals surface area contributed by atoms with Gasteiger partial charge >= 0.3 is 5.97 Å². The number of methoxy groups -OCH3 is 1. The summed E-state index contributed by atoms with van der Waals surface area (Å²) in [5.74, 6) is 1.16. The van der Waals surface area contributed by atoms with Gasteiger partial charge in [-0.2, -0.15) is 0 Å². The van der Waals surface area contributed by atoms with E-state index in [0.29, 0.717) is 12.1 Å². The monoisotopic (exact) mass is 298 g/mol. The highest BCUT2D eigenvalue weighted by molar-refractivity contribution is 5.89. The van der Waals surface area contributed by atoms with Crippen LogP contribution in [0.3, 0.4) is 0 Å². The second kappa shape index (κ2) is 6.13. The lowest BCUT2D eigenvalue weighted by atomic mass is 10.1. The summed E-state index contributed by atoms with van der Waals surface area (Å²) in [6.45, 7) is 0.512. The fourth-order valence-electron chi connectivity index (χ4n) is 1.97. The average molecular weight is 298 g/mol. The number of rotatable bonds is 5. The smallest absolute Gasteiger partial charge is 0.337 e. The van der Waals surface area contributed by atoms with Gasteiger partial charge in [-0.1, -0.05) is 12.1 Å². The zero-order valence-corrected chi connectivity index (χ0v) is 11.9. The van der Waals surface area contributed by atoms with Crippen LogP contribution in [0.1, 0.15) is 16.1 Å². The minimum atomic E-state index is -0.357. The lowest BCUT2D eigenvalue weighted by Crippen LogP contribution is -2.11. The van der Waals surface area contributed by atoms with Crippen molar-refractivity contribution in [2.24, 2.45) is 0 Å². The predicted octanol–water partition coefficient (Wildman–Crippen LogP) is 2.07. The molecule has 3 rings (SSSR count). The molecule has 0 aliphatic rings. The molecule has 0 fully saturated rings. The molecule has 0 saturated heterocycles. The Balaban J connectivity index is 1.69. The summed E-state index contributed by atoms with van der Waals surface area (Å²) in [4.78, 5) is 11.4. The summed E-state index contributed by atoms with van der Waals surface area (Å²) in [6, 6.07) is 10.8. The number of carbonyl (C=O) groups excluding carboxylic acids is 1. The Morgan fingerprint density at radius 1 is 1.18 bits per heavy atom. The van der Waals surface area contributed by atoms with E-state index in [4.69, 9.17) is 4.42 Å². The van der Waals surface area contributed by atoms with Crippen molar-refractivity contribution in [1.29, 1.82) is 0 Å². The van der Waals surface area contributed by atoms with Gasteiger partial charge in [0.1, 0.15) is 24.2 Å². The van der Waals surface area contributed by atoms with Crippen molar-refractivity contribution >= 4 is 5.97 Å². The number of esters is 1. The molecule has 0 bridgehead atoms. The van der Waals surface area contributed by atoms with Crippen molar-refractivity contribution in [2.75, 3.05) is 12.5 Å². The predicted molar refractivity (Wildman–Crippen MR) is 78.6 cm³/mol. The fourth-order valence-corrected chi connectivity index (χ4v) is 1.97. The highest BCUT2D eigenvalue weighted by Crippen LogP contribution is 2.22. The molecule has 0 radical (unpaired) electrons. The van der Waals surface area contributed by atoms with Crippen molar-refractivity contribution in [3.8, 4) is 11.3 Å². The van der Waals surface area contributed by atoms with Gasteiger partial charge in [0.2, 0.25) is 0 Å². The summed E-state index contributed by atoms with van der Waals surface area (Å²) in [6.07, 6.45) is 3.13. The van der Waals surface area contributed by atoms with Crippen molar-refractivity contribution < 1.29 is 13.9 Å². The third-order valence-corrected chi connectivity index (χ3v) is 3.11. The number of nitrogens with zero attached hydrogens (tertiary/aromatic N) is 3. The number of ether oxygens (including phenoxy) is 1. The first-order chi connectivity index (χ1) is 10.8. The number of benzene rings is 1. The molecular weight excluding hydrogens is 284 g/mol. The number of hydrogen-bond donors (Lipinski definition) is 1. The highest BCUT2D eigenvalue weighted by Gasteiger charge is 2.08. The van der Waals surface area contributed by atoms with Crippen LogP contribution in [0.4, 0.5) is 0 Å². The molecular formula is C15H14N4O3. The van der Waals surface area contributed by atoms with Crippen molar-refractivity contribution in [2.45, 2.75) is 6.54 Å². The lowest BCUT2D eigenvalue weighted by molar-refractivity contribution is 0.0601. The molecule has 7 heteroatoms. The summed E-state index contributed by atoms with van der Waals surface area (Å²) in [5.41, 5.74) is 4.47. The molecule has 0 atom stereocenters. The Bertz CT molecular complexity index is 747. The molecule has 22 heavy (non-hydrogen) atoms. The third kappa shape index (κ3) is 2.98. The largest absolute Gasteiger partial charge is 0.465 e. The topological polar surface area (TPSA) is 82.2 Å². The van der Waals surface area contributed by atoms with Gasteiger partial charge < -0.3 is 14.6 Å². The van der Waals surface area contributed by atoms with Crippen LogP contribution in [0, 0.1) is 0 Å². The van der Waals surface area contributed by atoms with Crippen molar-refractivity contribution in [3.05, 3.63) is 60.4 Å². The molecule has 1 N–H and O–H groups in total. The molecule has 0 unspecified atom stereocenters. The van der Waals surface area contributed by atoms with Gasteiger partial charge in [0.05, 0.1) is 19.2 Å². The van der Waals surface area contributed by atoms with Gasteiger partial charge in [-0.25, -0.2) is 9.47 Å². The van der Waals surface area contributed by atoms with Crippen LogP contribution in [-0.4, -0.2) is 28.0 Å². The van der Waals surface area contributed by atoms with E-state index < -0.39 is 0 Å². The first-order valence-electron chi connectivity index (χ1n) is 6.62. The van der Waals surface area contributed by atoms with E-state index >= 15 is 0 Å². The summed E-state index contributed by atoms with van der Waals surface area (Å²) < 4.78 is 12.1. The maximum absolute atomic E-state index is 11.4. The molecule has 0 aliphatic carbocycles. The van der Waals surface area contributed by atoms with Crippen LogP contribution < -0.4 is 5.43 Å². The molecule has 0 amide bonds. The number of hydrogen-bond acceptors (Lipinski definition) is 6. The maximum Gasteiger partial charge on any atom is 0.337 e. The number of aromatic nitrogens is 3. The Kier molecular flexibility index (Phi) is 3.86. The van der Waals surface area contributed by atoms with Gasteiger partial charge in [0.25, 0.3) is 0 Å². The average Bonchev–Trinajstić information content (AvgIpc) is 3.24. The maximum atomic E-state index is 11.4. The first-order valence-corrected chi connectivity index (χ1v) is 6.62. The van der Waals surface area contributed by atoms with Gasteiger partial charge in [0, 0.05) is 5.56 Å². The van der Waals surface area contributed by atoms with E-state index in [1.54, 1.807) is 29.5 Å². The van der Waals surface area contributed by atoms with Crippen LogP contribution in [0.5, 0.6) is 0 Å². The minimum Gasteiger partial charge on any atom is -0.465 e. The van der Waals surface area contributed by atoms with Crippen LogP contribution in [-0.2, 0) is 11.3 Å². The summed E-state index contributed by atoms with van der Waals surface area (Å²) >= 11 is 0. The Hall–Kier alpha value is -3.09. The van der Waals surface area contributed by atoms with Crippen LogP contribution >= 0.6 is 0 Å². The van der Waals surface area contributed by atoms with Crippen LogP contribution in [0.15, 0.2) is 53.5 Å². The van der Waals surface area contributed by atoms with E-state index in [2.05, 4.69) is 20.4 Å². The van der Waals surface area contributed by atoms with Gasteiger partial charge in [-0.05, 0) is 24.3 Å². The molecule has 7 nitrogen and oxygen atoms in total. The van der Waals surface area contributed by atoms with E-state index in [9.17, 15) is 4.79 Å². The van der Waals surface area contributed by atoms with Crippen LogP contribution in [0.2, 0.25) is 0 Å². The van der Waals surface area contributed by atoms with E-state index in [1.807, 2.05) is 24.3 Å². The summed E-state index contributed by atoms with van der Waals surface area (Å²) in [7, 11) is 1.36. The van der Waals surface area contributed by atoms with E-state index in [0.717, 1.165) is 17.1 Å². The Labute approximate surface area is 126 Å². The minimum absolute atomic E-state index is 0.357.